The minimum Gasteiger partial charge on any atom is -0.422 e. The lowest BCUT2D eigenvalue weighted by atomic mass is 10.1. The second kappa shape index (κ2) is 8.01. The van der Waals surface area contributed by atoms with E-state index in [1.54, 1.807) is 0 Å². The predicted octanol–water partition coefficient (Wildman–Crippen LogP) is 3.82. The highest BCUT2D eigenvalue weighted by molar-refractivity contribution is 5.88. The zero-order chi connectivity index (χ0) is 23.4. The van der Waals surface area contributed by atoms with E-state index < -0.39 is 17.7 Å². The van der Waals surface area contributed by atoms with E-state index in [0.717, 1.165) is 18.9 Å². The number of ether oxygens (including phenoxy) is 1. The summed E-state index contributed by atoms with van der Waals surface area (Å²) >= 11 is 0. The van der Waals surface area contributed by atoms with E-state index in [1.165, 1.54) is 12.1 Å². The quantitative estimate of drug-likeness (QED) is 0.445. The van der Waals surface area contributed by atoms with Gasteiger partial charge in [0.25, 0.3) is 0 Å². The third-order valence-electron chi connectivity index (χ3n) is 6.12. The number of aromatic nitrogens is 6. The zero-order valence-corrected chi connectivity index (χ0v) is 18.6. The van der Waals surface area contributed by atoms with Crippen LogP contribution in [0.15, 0.2) is 22.6 Å². The Morgan fingerprint density at radius 3 is 2.56 bits per heavy atom. The second-order valence-corrected chi connectivity index (χ2v) is 8.62. The van der Waals surface area contributed by atoms with Gasteiger partial charge >= 0.3 is 0 Å². The summed E-state index contributed by atoms with van der Waals surface area (Å²) in [6.07, 6.45) is 1.68. The lowest BCUT2D eigenvalue weighted by molar-refractivity contribution is 0.0210. The topological polar surface area (TPSA) is 103 Å². The summed E-state index contributed by atoms with van der Waals surface area (Å²) in [5, 5.41) is 8.31. The molecule has 1 aliphatic carbocycles. The number of morpholine rings is 1. The molecule has 1 aromatic carbocycles. The van der Waals surface area contributed by atoms with Gasteiger partial charge in [-0.3, -0.25) is 0 Å². The number of hydrogen-bond acceptors (Lipinski definition) is 9. The summed E-state index contributed by atoms with van der Waals surface area (Å²) in [6, 6.07) is 3.38. The van der Waals surface area contributed by atoms with Gasteiger partial charge in [-0.2, -0.15) is 4.98 Å². The van der Waals surface area contributed by atoms with Crippen molar-refractivity contribution < 1.29 is 17.9 Å². The average Bonchev–Trinajstić information content (AvgIpc) is 3.56. The number of aryl methyl sites for hydroxylation is 2. The summed E-state index contributed by atoms with van der Waals surface area (Å²) < 4.78 is 40.0. The fourth-order valence-corrected chi connectivity index (χ4v) is 3.96. The van der Waals surface area contributed by atoms with Gasteiger partial charge in [0, 0.05) is 24.1 Å². The number of anilines is 1. The van der Waals surface area contributed by atoms with Crippen LogP contribution in [0.2, 0.25) is 0 Å². The van der Waals surface area contributed by atoms with Crippen molar-refractivity contribution in [3.63, 3.8) is 0 Å². The Bertz CT molecular complexity index is 1410. The standard InChI is InChI=1S/C23H21F2N7O2/c1-11-12(2)27-20-19(26-11)18(15-6-5-14(24)9-16(15)25)28-23(29-20)32-7-8-33-17(10-32)22-31-30-21(34-22)13-3-4-13/h5-6,9,13,17H,3-4,7-8,10H2,1-2H3. The van der Waals surface area contributed by atoms with Gasteiger partial charge in [0.2, 0.25) is 17.7 Å². The van der Waals surface area contributed by atoms with Crippen LogP contribution < -0.4 is 4.90 Å². The molecule has 0 bridgehead atoms. The van der Waals surface area contributed by atoms with Crippen LogP contribution in [-0.2, 0) is 4.74 Å². The first-order valence-corrected chi connectivity index (χ1v) is 11.1. The molecule has 34 heavy (non-hydrogen) atoms. The van der Waals surface area contributed by atoms with Crippen molar-refractivity contribution in [2.75, 3.05) is 24.6 Å². The average molecular weight is 465 g/mol. The molecule has 1 unspecified atom stereocenters. The van der Waals surface area contributed by atoms with Gasteiger partial charge in [-0.1, -0.05) is 0 Å². The molecule has 1 saturated heterocycles. The third kappa shape index (κ3) is 3.75. The van der Waals surface area contributed by atoms with Crippen LogP contribution in [0.5, 0.6) is 0 Å². The minimum absolute atomic E-state index is 0.128. The maximum atomic E-state index is 14.8. The lowest BCUT2D eigenvalue weighted by Gasteiger charge is -2.31. The Kier molecular flexibility index (Phi) is 4.94. The molecular formula is C23H21F2N7O2. The van der Waals surface area contributed by atoms with E-state index in [-0.39, 0.29) is 11.3 Å². The van der Waals surface area contributed by atoms with Crippen LogP contribution in [0.1, 0.15) is 48.0 Å². The Balaban J connectivity index is 1.41. The van der Waals surface area contributed by atoms with Crippen LogP contribution >= 0.6 is 0 Å². The van der Waals surface area contributed by atoms with Crippen molar-refractivity contribution in [3.05, 3.63) is 53.0 Å². The smallest absolute Gasteiger partial charge is 0.247 e. The molecule has 9 nitrogen and oxygen atoms in total. The molecule has 11 heteroatoms. The number of fused-ring (bicyclic) bond motifs is 1. The van der Waals surface area contributed by atoms with Crippen molar-refractivity contribution in [3.8, 4) is 11.3 Å². The summed E-state index contributed by atoms with van der Waals surface area (Å²) in [5.74, 6) is 0.363. The first-order chi connectivity index (χ1) is 16.5. The van der Waals surface area contributed by atoms with Gasteiger partial charge in [0.1, 0.15) is 22.8 Å². The molecule has 2 fully saturated rings. The first-order valence-electron chi connectivity index (χ1n) is 11.1. The van der Waals surface area contributed by atoms with E-state index in [0.29, 0.717) is 65.9 Å². The van der Waals surface area contributed by atoms with Crippen molar-refractivity contribution in [2.45, 2.75) is 38.7 Å². The van der Waals surface area contributed by atoms with Gasteiger partial charge < -0.3 is 14.1 Å². The largest absolute Gasteiger partial charge is 0.422 e. The molecule has 1 aliphatic heterocycles. The number of hydrogen-bond donors (Lipinski definition) is 0. The molecule has 0 amide bonds. The molecule has 0 N–H and O–H groups in total. The molecule has 174 valence electrons. The molecule has 6 rings (SSSR count). The molecule has 4 heterocycles. The highest BCUT2D eigenvalue weighted by Crippen LogP contribution is 2.40. The monoisotopic (exact) mass is 465 g/mol. The fourth-order valence-electron chi connectivity index (χ4n) is 3.96. The predicted molar refractivity (Wildman–Crippen MR) is 117 cm³/mol. The van der Waals surface area contributed by atoms with Gasteiger partial charge in [0.05, 0.1) is 24.5 Å². The number of rotatable bonds is 4. The number of halogens is 2. The molecule has 2 aliphatic rings. The van der Waals surface area contributed by atoms with Crippen LogP contribution in [0.4, 0.5) is 14.7 Å². The highest BCUT2D eigenvalue weighted by Gasteiger charge is 2.33. The molecule has 1 atom stereocenters. The fraction of sp³-hybridized carbons (Fsp3) is 0.391. The maximum Gasteiger partial charge on any atom is 0.247 e. The molecule has 0 radical (unpaired) electrons. The van der Waals surface area contributed by atoms with Crippen molar-refractivity contribution in [1.82, 2.24) is 30.1 Å². The highest BCUT2D eigenvalue weighted by atomic mass is 19.1. The van der Waals surface area contributed by atoms with Gasteiger partial charge in [0.15, 0.2) is 11.8 Å². The first kappa shape index (κ1) is 21.0. The summed E-state index contributed by atoms with van der Waals surface area (Å²) in [4.78, 5) is 20.3. The van der Waals surface area contributed by atoms with Crippen LogP contribution in [0, 0.1) is 25.5 Å². The Morgan fingerprint density at radius 2 is 1.76 bits per heavy atom. The zero-order valence-electron chi connectivity index (χ0n) is 18.6. The summed E-state index contributed by atoms with van der Waals surface area (Å²) in [6.45, 7) is 4.93. The Morgan fingerprint density at radius 1 is 0.971 bits per heavy atom. The van der Waals surface area contributed by atoms with Crippen molar-refractivity contribution in [1.29, 1.82) is 0 Å². The van der Waals surface area contributed by atoms with Gasteiger partial charge in [-0.15, -0.1) is 10.2 Å². The van der Waals surface area contributed by atoms with Gasteiger partial charge in [-0.25, -0.2) is 23.7 Å². The molecule has 3 aromatic heterocycles. The molecule has 0 spiro atoms. The summed E-state index contributed by atoms with van der Waals surface area (Å²) in [7, 11) is 0. The third-order valence-corrected chi connectivity index (χ3v) is 6.12. The molecule has 1 saturated carbocycles. The molecular weight excluding hydrogens is 444 g/mol. The number of nitrogens with zero attached hydrogens (tertiary/aromatic N) is 7. The number of benzene rings is 1. The Hall–Kier alpha value is -3.60. The van der Waals surface area contributed by atoms with E-state index in [9.17, 15) is 8.78 Å². The normalized spacial score (nSPS) is 18.6. The van der Waals surface area contributed by atoms with Crippen molar-refractivity contribution in [2.24, 2.45) is 0 Å². The van der Waals surface area contributed by atoms with Crippen LogP contribution in [-0.4, -0.2) is 49.8 Å². The van der Waals surface area contributed by atoms with Gasteiger partial charge in [-0.05, 0) is 38.8 Å². The minimum atomic E-state index is -0.732. The van der Waals surface area contributed by atoms with E-state index >= 15 is 0 Å². The Labute approximate surface area is 193 Å². The van der Waals surface area contributed by atoms with Crippen LogP contribution in [0.3, 0.4) is 0 Å². The van der Waals surface area contributed by atoms with E-state index in [4.69, 9.17) is 9.15 Å². The lowest BCUT2D eigenvalue weighted by Crippen LogP contribution is -2.39. The van der Waals surface area contributed by atoms with Crippen molar-refractivity contribution >= 4 is 17.1 Å². The maximum absolute atomic E-state index is 14.8. The van der Waals surface area contributed by atoms with E-state index in [1.807, 2.05) is 18.7 Å². The SMILES string of the molecule is Cc1nc2nc(N3CCOC(c4nnc(C5CC5)o4)C3)nc(-c3ccc(F)cc3F)c2nc1C. The van der Waals surface area contributed by atoms with Crippen LogP contribution in [0.25, 0.3) is 22.4 Å². The second-order valence-electron chi connectivity index (χ2n) is 8.62. The van der Waals surface area contributed by atoms with E-state index in [2.05, 4.69) is 30.1 Å². The summed E-state index contributed by atoms with van der Waals surface area (Å²) in [5.41, 5.74) is 2.47. The molecule has 4 aromatic rings.